The number of amides is 1. The molecule has 1 N–H and O–H groups in total. The van der Waals surface area contributed by atoms with Gasteiger partial charge in [0.1, 0.15) is 21.6 Å². The minimum atomic E-state index is -1.11. The third-order valence-corrected chi connectivity index (χ3v) is 4.74. The van der Waals surface area contributed by atoms with Gasteiger partial charge in [-0.05, 0) is 24.3 Å². The summed E-state index contributed by atoms with van der Waals surface area (Å²) in [5.74, 6) is -3.68. The Morgan fingerprint density at radius 1 is 1.00 bits per heavy atom. The molecule has 0 saturated heterocycles. The van der Waals surface area contributed by atoms with Gasteiger partial charge in [-0.3, -0.25) is 4.79 Å². The summed E-state index contributed by atoms with van der Waals surface area (Å²) in [5, 5.41) is 3.90. The maximum absolute atomic E-state index is 12.5. The van der Waals surface area contributed by atoms with E-state index in [4.69, 9.17) is 60.5 Å². The Morgan fingerprint density at radius 3 is 2.19 bits per heavy atom. The zero-order valence-electron chi connectivity index (χ0n) is 15.2. The molecule has 0 aliphatic rings. The number of esters is 1. The van der Waals surface area contributed by atoms with Crippen molar-refractivity contribution >= 4 is 64.2 Å². The predicted molar refractivity (Wildman–Crippen MR) is 110 cm³/mol. The van der Waals surface area contributed by atoms with E-state index in [0.717, 1.165) is 7.11 Å². The molecular formula is C18H9Cl4N3O6. The standard InChI is InChI=1S/C18H9Cl4N3O6/c1-29-18(28)13-14(12-8(19)3-2-4-9(12)20)24-30-15(13)16(26)25-31-17(27)7-5-10(21)23-11(22)6-7/h2-6H,1H3,(H,25,26). The summed E-state index contributed by atoms with van der Waals surface area (Å²) < 4.78 is 9.70. The number of carbonyl (C=O) groups is 3. The Kier molecular flexibility index (Phi) is 7.01. The summed E-state index contributed by atoms with van der Waals surface area (Å²) in [7, 11) is 1.09. The number of hydroxylamine groups is 1. The Labute approximate surface area is 194 Å². The zero-order valence-corrected chi connectivity index (χ0v) is 18.3. The Morgan fingerprint density at radius 2 is 1.61 bits per heavy atom. The number of nitrogens with zero attached hydrogens (tertiary/aromatic N) is 2. The van der Waals surface area contributed by atoms with Crippen molar-refractivity contribution in [3.05, 3.63) is 67.6 Å². The molecule has 160 valence electrons. The summed E-state index contributed by atoms with van der Waals surface area (Å²) in [5.41, 5.74) is 1.40. The minimum Gasteiger partial charge on any atom is -0.465 e. The summed E-state index contributed by atoms with van der Waals surface area (Å²) >= 11 is 23.8. The molecule has 1 amide bonds. The number of ether oxygens (including phenoxy) is 1. The number of carbonyl (C=O) groups excluding carboxylic acids is 3. The highest BCUT2D eigenvalue weighted by molar-refractivity contribution is 6.39. The van der Waals surface area contributed by atoms with Gasteiger partial charge in [0.2, 0.25) is 5.76 Å². The summed E-state index contributed by atoms with van der Waals surface area (Å²) in [4.78, 5) is 45.3. The Balaban J connectivity index is 1.90. The molecule has 0 fully saturated rings. The molecule has 2 aromatic heterocycles. The molecule has 0 aliphatic heterocycles. The van der Waals surface area contributed by atoms with Crippen LogP contribution in [-0.4, -0.2) is 35.1 Å². The largest absolute Gasteiger partial charge is 0.465 e. The van der Waals surface area contributed by atoms with Crippen molar-refractivity contribution in [1.82, 2.24) is 15.6 Å². The molecule has 9 nitrogen and oxygen atoms in total. The van der Waals surface area contributed by atoms with E-state index in [9.17, 15) is 14.4 Å². The average molecular weight is 505 g/mol. The Hall–Kier alpha value is -2.85. The SMILES string of the molecule is COC(=O)c1c(-c2c(Cl)cccc2Cl)noc1C(=O)NOC(=O)c1cc(Cl)nc(Cl)c1. The smallest absolute Gasteiger partial charge is 0.363 e. The molecule has 3 rings (SSSR count). The van der Waals surface area contributed by atoms with E-state index in [1.54, 1.807) is 6.07 Å². The first kappa shape index (κ1) is 22.8. The molecule has 3 aromatic rings. The number of methoxy groups -OCH3 is 1. The molecule has 0 saturated carbocycles. The highest BCUT2D eigenvalue weighted by Crippen LogP contribution is 2.37. The number of pyridine rings is 1. The highest BCUT2D eigenvalue weighted by Gasteiger charge is 2.32. The van der Waals surface area contributed by atoms with Crippen LogP contribution in [0.1, 0.15) is 31.3 Å². The number of nitrogens with one attached hydrogen (secondary N) is 1. The average Bonchev–Trinajstić information content (AvgIpc) is 3.15. The van der Waals surface area contributed by atoms with Gasteiger partial charge < -0.3 is 14.1 Å². The van der Waals surface area contributed by atoms with Crippen molar-refractivity contribution < 1.29 is 28.5 Å². The maximum Gasteiger partial charge on any atom is 0.363 e. The van der Waals surface area contributed by atoms with Gasteiger partial charge in [0.25, 0.3) is 0 Å². The maximum atomic E-state index is 12.5. The first-order valence-electron chi connectivity index (χ1n) is 8.10. The first-order valence-corrected chi connectivity index (χ1v) is 9.61. The van der Waals surface area contributed by atoms with Crippen molar-refractivity contribution in [2.45, 2.75) is 0 Å². The van der Waals surface area contributed by atoms with E-state index in [1.165, 1.54) is 24.3 Å². The number of halogens is 4. The molecule has 2 heterocycles. The third kappa shape index (κ3) is 4.91. The van der Waals surface area contributed by atoms with Crippen LogP contribution in [0.15, 0.2) is 34.9 Å². The lowest BCUT2D eigenvalue weighted by Crippen LogP contribution is -2.28. The van der Waals surface area contributed by atoms with Crippen LogP contribution in [0, 0.1) is 0 Å². The van der Waals surface area contributed by atoms with Gasteiger partial charge in [-0.1, -0.05) is 57.6 Å². The topological polar surface area (TPSA) is 121 Å². The monoisotopic (exact) mass is 503 g/mol. The lowest BCUT2D eigenvalue weighted by Gasteiger charge is -2.07. The summed E-state index contributed by atoms with van der Waals surface area (Å²) in [6, 6.07) is 6.94. The molecule has 0 aliphatic carbocycles. The highest BCUT2D eigenvalue weighted by atomic mass is 35.5. The van der Waals surface area contributed by atoms with Gasteiger partial charge >= 0.3 is 17.8 Å². The van der Waals surface area contributed by atoms with E-state index in [-0.39, 0.29) is 42.7 Å². The lowest BCUT2D eigenvalue weighted by atomic mass is 10.1. The molecule has 0 atom stereocenters. The van der Waals surface area contributed by atoms with Crippen molar-refractivity contribution in [2.75, 3.05) is 7.11 Å². The second kappa shape index (κ2) is 9.52. The van der Waals surface area contributed by atoms with Gasteiger partial charge in [-0.15, -0.1) is 0 Å². The van der Waals surface area contributed by atoms with E-state index in [1.807, 2.05) is 5.48 Å². The summed E-state index contributed by atoms with van der Waals surface area (Å²) in [6.45, 7) is 0. The van der Waals surface area contributed by atoms with Crippen LogP contribution >= 0.6 is 46.4 Å². The van der Waals surface area contributed by atoms with Gasteiger partial charge in [-0.25, -0.2) is 14.6 Å². The number of hydrogen-bond acceptors (Lipinski definition) is 8. The van der Waals surface area contributed by atoms with Gasteiger partial charge in [0, 0.05) is 5.56 Å². The van der Waals surface area contributed by atoms with Crippen LogP contribution in [0.5, 0.6) is 0 Å². The van der Waals surface area contributed by atoms with Crippen LogP contribution < -0.4 is 5.48 Å². The number of aromatic nitrogens is 2. The molecule has 0 unspecified atom stereocenters. The second-order valence-corrected chi connectivity index (χ2v) is 7.23. The Bertz CT molecular complexity index is 1160. The lowest BCUT2D eigenvalue weighted by molar-refractivity contribution is 0.0215. The zero-order chi connectivity index (χ0) is 22.7. The molecule has 13 heteroatoms. The molecule has 1 aromatic carbocycles. The fourth-order valence-corrected chi connectivity index (χ4v) is 3.45. The molecule has 0 bridgehead atoms. The fraction of sp³-hybridized carbons (Fsp3) is 0.0556. The van der Waals surface area contributed by atoms with Gasteiger partial charge in [-0.2, -0.15) is 5.48 Å². The van der Waals surface area contributed by atoms with Crippen LogP contribution in [-0.2, 0) is 9.57 Å². The van der Waals surface area contributed by atoms with Gasteiger partial charge in [0.05, 0.1) is 22.7 Å². The first-order chi connectivity index (χ1) is 14.7. The molecular weight excluding hydrogens is 496 g/mol. The van der Waals surface area contributed by atoms with Crippen molar-refractivity contribution in [2.24, 2.45) is 0 Å². The van der Waals surface area contributed by atoms with E-state index in [2.05, 4.69) is 10.1 Å². The van der Waals surface area contributed by atoms with Crippen LogP contribution in [0.4, 0.5) is 0 Å². The van der Waals surface area contributed by atoms with E-state index < -0.39 is 23.6 Å². The number of rotatable bonds is 4. The van der Waals surface area contributed by atoms with Crippen LogP contribution in [0.25, 0.3) is 11.3 Å². The van der Waals surface area contributed by atoms with Crippen molar-refractivity contribution in [3.63, 3.8) is 0 Å². The van der Waals surface area contributed by atoms with Crippen LogP contribution in [0.3, 0.4) is 0 Å². The van der Waals surface area contributed by atoms with Crippen LogP contribution in [0.2, 0.25) is 20.4 Å². The van der Waals surface area contributed by atoms with E-state index >= 15 is 0 Å². The molecule has 0 radical (unpaired) electrons. The number of hydrogen-bond donors (Lipinski definition) is 1. The number of benzene rings is 1. The third-order valence-electron chi connectivity index (χ3n) is 3.72. The molecule has 0 spiro atoms. The van der Waals surface area contributed by atoms with Gasteiger partial charge in [0.15, 0.2) is 0 Å². The minimum absolute atomic E-state index is 0.0600. The quantitative estimate of drug-likeness (QED) is 0.310. The normalized spacial score (nSPS) is 10.5. The fourth-order valence-electron chi connectivity index (χ4n) is 2.41. The second-order valence-electron chi connectivity index (χ2n) is 5.65. The van der Waals surface area contributed by atoms with Crippen molar-refractivity contribution in [1.29, 1.82) is 0 Å². The van der Waals surface area contributed by atoms with E-state index in [0.29, 0.717) is 0 Å². The predicted octanol–water partition coefficient (Wildman–Crippen LogP) is 4.64. The summed E-state index contributed by atoms with van der Waals surface area (Å²) in [6.07, 6.45) is 0. The van der Waals surface area contributed by atoms with Crippen molar-refractivity contribution in [3.8, 4) is 11.3 Å². The molecule has 31 heavy (non-hydrogen) atoms.